The Labute approximate surface area is 89.0 Å². The van der Waals surface area contributed by atoms with Gasteiger partial charge in [-0.1, -0.05) is 0 Å². The summed E-state index contributed by atoms with van der Waals surface area (Å²) in [5, 5.41) is 8.76. The van der Waals surface area contributed by atoms with Crippen LogP contribution < -0.4 is 0 Å². The van der Waals surface area contributed by atoms with E-state index < -0.39 is 12.1 Å². The third kappa shape index (κ3) is 2.48. The second kappa shape index (κ2) is 4.47. The van der Waals surface area contributed by atoms with Gasteiger partial charge in [0.05, 0.1) is 6.61 Å². The lowest BCUT2D eigenvalue weighted by molar-refractivity contribution is -0.155. The van der Waals surface area contributed by atoms with Crippen molar-refractivity contribution in [3.05, 3.63) is 0 Å². The molecule has 2 fully saturated rings. The first-order valence-corrected chi connectivity index (χ1v) is 5.35. The van der Waals surface area contributed by atoms with Crippen LogP contribution >= 0.6 is 0 Å². The van der Waals surface area contributed by atoms with E-state index >= 15 is 0 Å². The van der Waals surface area contributed by atoms with Crippen molar-refractivity contribution in [2.75, 3.05) is 26.7 Å². The van der Waals surface area contributed by atoms with Gasteiger partial charge in [0.1, 0.15) is 0 Å². The number of nitrogens with zero attached hydrogens (tertiary/aromatic N) is 1. The summed E-state index contributed by atoms with van der Waals surface area (Å²) in [7, 11) is 2.09. The van der Waals surface area contributed by atoms with Gasteiger partial charge in [0, 0.05) is 5.92 Å². The van der Waals surface area contributed by atoms with E-state index in [2.05, 4.69) is 11.9 Å². The standard InChI is InChI=1S/C10H17NO4/c1-11-4-2-7(3-5-11)10-14-6-8(15-10)9(12)13/h7-8,10H,2-6H2,1H3,(H,12,13). The van der Waals surface area contributed by atoms with Crippen molar-refractivity contribution >= 4 is 5.97 Å². The Hall–Kier alpha value is -0.650. The molecule has 86 valence electrons. The monoisotopic (exact) mass is 215 g/mol. The largest absolute Gasteiger partial charge is 0.479 e. The average Bonchev–Trinajstić information content (AvgIpc) is 2.68. The number of piperidine rings is 1. The van der Waals surface area contributed by atoms with Gasteiger partial charge in [0.25, 0.3) is 0 Å². The van der Waals surface area contributed by atoms with E-state index in [0.29, 0.717) is 5.92 Å². The van der Waals surface area contributed by atoms with Crippen LogP contribution in [0.15, 0.2) is 0 Å². The van der Waals surface area contributed by atoms with Crippen molar-refractivity contribution in [1.29, 1.82) is 0 Å². The zero-order chi connectivity index (χ0) is 10.8. The Kier molecular flexibility index (Phi) is 3.23. The van der Waals surface area contributed by atoms with Crippen LogP contribution in [0.2, 0.25) is 0 Å². The summed E-state index contributed by atoms with van der Waals surface area (Å²) in [6.45, 7) is 2.25. The van der Waals surface area contributed by atoms with Gasteiger partial charge in [0.2, 0.25) is 0 Å². The van der Waals surface area contributed by atoms with Gasteiger partial charge in [-0.05, 0) is 33.0 Å². The van der Waals surface area contributed by atoms with Crippen molar-refractivity contribution in [2.45, 2.75) is 25.2 Å². The van der Waals surface area contributed by atoms with E-state index in [-0.39, 0.29) is 12.9 Å². The number of carboxylic acid groups (broad SMARTS) is 1. The summed E-state index contributed by atoms with van der Waals surface area (Å²) in [6.07, 6.45) is 0.968. The first-order valence-electron chi connectivity index (χ1n) is 5.35. The number of carbonyl (C=O) groups is 1. The van der Waals surface area contributed by atoms with Crippen LogP contribution in [0.1, 0.15) is 12.8 Å². The first kappa shape index (κ1) is 10.9. The lowest BCUT2D eigenvalue weighted by Crippen LogP contribution is -2.36. The number of hydrogen-bond donors (Lipinski definition) is 1. The summed E-state index contributed by atoms with van der Waals surface area (Å²) in [5.41, 5.74) is 0. The summed E-state index contributed by atoms with van der Waals surface area (Å²) < 4.78 is 10.7. The van der Waals surface area contributed by atoms with Gasteiger partial charge in [-0.2, -0.15) is 0 Å². The zero-order valence-corrected chi connectivity index (χ0v) is 8.89. The lowest BCUT2D eigenvalue weighted by Gasteiger charge is -2.31. The number of rotatable bonds is 2. The maximum absolute atomic E-state index is 10.7. The summed E-state index contributed by atoms with van der Waals surface area (Å²) in [6, 6.07) is 0. The second-order valence-corrected chi connectivity index (χ2v) is 4.31. The number of hydrogen-bond acceptors (Lipinski definition) is 4. The van der Waals surface area contributed by atoms with Crippen molar-refractivity contribution in [3.63, 3.8) is 0 Å². The molecular weight excluding hydrogens is 198 g/mol. The molecular formula is C10H17NO4. The molecule has 0 bridgehead atoms. The summed E-state index contributed by atoms with van der Waals surface area (Å²) in [4.78, 5) is 12.9. The Morgan fingerprint density at radius 2 is 2.07 bits per heavy atom. The SMILES string of the molecule is CN1CCC(C2OCC(C(=O)O)O2)CC1. The highest BCUT2D eigenvalue weighted by Crippen LogP contribution is 2.27. The van der Waals surface area contributed by atoms with Gasteiger partial charge >= 0.3 is 5.97 Å². The summed E-state index contributed by atoms with van der Waals surface area (Å²) >= 11 is 0. The molecule has 0 saturated carbocycles. The smallest absolute Gasteiger partial charge is 0.335 e. The third-order valence-electron chi connectivity index (χ3n) is 3.13. The first-order chi connectivity index (χ1) is 7.16. The summed E-state index contributed by atoms with van der Waals surface area (Å²) in [5.74, 6) is -0.573. The van der Waals surface area contributed by atoms with Crippen LogP contribution in [0.4, 0.5) is 0 Å². The molecule has 2 saturated heterocycles. The fourth-order valence-electron chi connectivity index (χ4n) is 2.10. The highest BCUT2D eigenvalue weighted by Gasteiger charge is 2.37. The second-order valence-electron chi connectivity index (χ2n) is 4.31. The van der Waals surface area contributed by atoms with Gasteiger partial charge in [-0.25, -0.2) is 4.79 Å². The number of likely N-dealkylation sites (tertiary alicyclic amines) is 1. The quantitative estimate of drug-likeness (QED) is 0.710. The average molecular weight is 215 g/mol. The van der Waals surface area contributed by atoms with Crippen LogP contribution in [0.25, 0.3) is 0 Å². The molecule has 2 heterocycles. The normalized spacial score (nSPS) is 34.5. The van der Waals surface area contributed by atoms with E-state index in [9.17, 15) is 4.79 Å². The van der Waals surface area contributed by atoms with Crippen molar-refractivity contribution in [3.8, 4) is 0 Å². The zero-order valence-electron chi connectivity index (χ0n) is 8.89. The molecule has 0 aliphatic carbocycles. The predicted molar refractivity (Wildman–Crippen MR) is 52.5 cm³/mol. The highest BCUT2D eigenvalue weighted by atomic mass is 16.7. The van der Waals surface area contributed by atoms with E-state index in [1.54, 1.807) is 0 Å². The molecule has 0 aromatic carbocycles. The molecule has 15 heavy (non-hydrogen) atoms. The maximum Gasteiger partial charge on any atom is 0.335 e. The highest BCUT2D eigenvalue weighted by molar-refractivity contribution is 5.72. The van der Waals surface area contributed by atoms with Crippen LogP contribution in [-0.2, 0) is 14.3 Å². The lowest BCUT2D eigenvalue weighted by atomic mass is 9.97. The Balaban J connectivity index is 1.83. The minimum absolute atomic E-state index is 0.187. The van der Waals surface area contributed by atoms with Crippen molar-refractivity contribution in [1.82, 2.24) is 4.90 Å². The molecule has 0 radical (unpaired) electrons. The van der Waals surface area contributed by atoms with Crippen LogP contribution in [-0.4, -0.2) is 55.1 Å². The molecule has 2 aliphatic rings. The van der Waals surface area contributed by atoms with Crippen LogP contribution in [0.3, 0.4) is 0 Å². The van der Waals surface area contributed by atoms with E-state index in [4.69, 9.17) is 14.6 Å². The van der Waals surface area contributed by atoms with Crippen molar-refractivity contribution in [2.24, 2.45) is 5.92 Å². The molecule has 5 nitrogen and oxygen atoms in total. The van der Waals surface area contributed by atoms with Crippen LogP contribution in [0, 0.1) is 5.92 Å². The van der Waals surface area contributed by atoms with Gasteiger partial charge in [0.15, 0.2) is 12.4 Å². The van der Waals surface area contributed by atoms with Gasteiger partial charge in [-0.3, -0.25) is 0 Å². The fraction of sp³-hybridized carbons (Fsp3) is 0.900. The molecule has 2 rings (SSSR count). The Bertz CT molecular complexity index is 238. The Morgan fingerprint density at radius 1 is 1.40 bits per heavy atom. The molecule has 0 amide bonds. The number of ether oxygens (including phenoxy) is 2. The molecule has 5 heteroatoms. The Morgan fingerprint density at radius 3 is 2.60 bits per heavy atom. The minimum atomic E-state index is -0.926. The third-order valence-corrected chi connectivity index (χ3v) is 3.13. The molecule has 0 spiro atoms. The topological polar surface area (TPSA) is 59.0 Å². The van der Waals surface area contributed by atoms with E-state index in [0.717, 1.165) is 25.9 Å². The van der Waals surface area contributed by atoms with Gasteiger partial charge < -0.3 is 19.5 Å². The maximum atomic E-state index is 10.7. The van der Waals surface area contributed by atoms with E-state index in [1.165, 1.54) is 0 Å². The minimum Gasteiger partial charge on any atom is -0.479 e. The van der Waals surface area contributed by atoms with E-state index in [1.807, 2.05) is 0 Å². The molecule has 0 aromatic heterocycles. The molecule has 0 aromatic rings. The number of carboxylic acids is 1. The predicted octanol–water partition coefficient (Wildman–Crippen LogP) is 0.154. The van der Waals surface area contributed by atoms with Gasteiger partial charge in [-0.15, -0.1) is 0 Å². The fourth-order valence-corrected chi connectivity index (χ4v) is 2.10. The van der Waals surface area contributed by atoms with Crippen molar-refractivity contribution < 1.29 is 19.4 Å². The molecule has 1 N–H and O–H groups in total. The van der Waals surface area contributed by atoms with Crippen LogP contribution in [0.5, 0.6) is 0 Å². The molecule has 2 atom stereocenters. The molecule has 2 unspecified atom stereocenters. The number of aliphatic carboxylic acids is 1. The molecule has 2 aliphatic heterocycles.